The Labute approximate surface area is 322 Å². The minimum atomic E-state index is 0.612. The second-order valence-electron chi connectivity index (χ2n) is 14.0. The van der Waals surface area contributed by atoms with Gasteiger partial charge in [0.2, 0.25) is 0 Å². The number of benzene rings is 8. The first-order valence-electron chi connectivity index (χ1n) is 18.7. The molecule has 5 nitrogen and oxygen atoms in total. The summed E-state index contributed by atoms with van der Waals surface area (Å²) < 4.78 is 12.7. The Bertz CT molecular complexity index is 3200. The zero-order valence-corrected chi connectivity index (χ0v) is 30.1. The standard InChI is InChI=1S/C51H31N3O2/c1-3-13-32(14-4-1)49-52-50(33-15-5-2-6-16-33)54-51(53-49)36-18-11-17-34(27-36)37-28-38(35-25-26-42-41-19-7-9-22-44(41)56-47(42)31-35)30-39(29-37)40-21-12-24-46-48(40)43-20-8-10-23-45(43)55-46/h1-31H. The van der Waals surface area contributed by atoms with Crippen molar-refractivity contribution in [1.29, 1.82) is 0 Å². The van der Waals surface area contributed by atoms with Crippen molar-refractivity contribution in [3.8, 4) is 67.5 Å². The molecule has 0 aliphatic heterocycles. The van der Waals surface area contributed by atoms with Crippen LogP contribution < -0.4 is 0 Å². The van der Waals surface area contributed by atoms with Gasteiger partial charge in [0.05, 0.1) is 0 Å². The summed E-state index contributed by atoms with van der Waals surface area (Å²) in [5.41, 5.74) is 12.7. The third-order valence-electron chi connectivity index (χ3n) is 10.5. The minimum absolute atomic E-state index is 0.612. The SMILES string of the molecule is c1ccc(-c2nc(-c3ccccc3)nc(-c3cccc(-c4cc(-c5ccc6c(c5)oc5ccccc56)cc(-c5cccc6oc7ccccc7c56)c4)c3)n2)cc1. The van der Waals surface area contributed by atoms with Crippen LogP contribution in [0.3, 0.4) is 0 Å². The van der Waals surface area contributed by atoms with E-state index in [2.05, 4.69) is 97.1 Å². The van der Waals surface area contributed by atoms with Crippen LogP contribution in [-0.2, 0) is 0 Å². The Morgan fingerprint density at radius 1 is 0.268 bits per heavy atom. The third-order valence-corrected chi connectivity index (χ3v) is 10.5. The Morgan fingerprint density at radius 3 is 1.45 bits per heavy atom. The lowest BCUT2D eigenvalue weighted by Gasteiger charge is -2.13. The van der Waals surface area contributed by atoms with Gasteiger partial charge >= 0.3 is 0 Å². The fourth-order valence-corrected chi connectivity index (χ4v) is 7.81. The van der Waals surface area contributed by atoms with Crippen LogP contribution in [-0.4, -0.2) is 15.0 Å². The van der Waals surface area contributed by atoms with Crippen molar-refractivity contribution in [2.24, 2.45) is 0 Å². The second kappa shape index (κ2) is 13.0. The van der Waals surface area contributed by atoms with Crippen LogP contribution in [0, 0.1) is 0 Å². The van der Waals surface area contributed by atoms with Gasteiger partial charge in [0.25, 0.3) is 0 Å². The molecule has 0 fully saturated rings. The van der Waals surface area contributed by atoms with E-state index in [1.54, 1.807) is 0 Å². The molecule has 11 rings (SSSR count). The van der Waals surface area contributed by atoms with E-state index in [1.165, 1.54) is 0 Å². The molecule has 5 heteroatoms. The average molecular weight is 718 g/mol. The molecule has 0 aliphatic rings. The third kappa shape index (κ3) is 5.53. The molecule has 0 bridgehead atoms. The molecule has 0 aliphatic carbocycles. The highest BCUT2D eigenvalue weighted by Crippen LogP contribution is 2.41. The van der Waals surface area contributed by atoms with E-state index in [0.29, 0.717) is 17.5 Å². The monoisotopic (exact) mass is 717 g/mol. The van der Waals surface area contributed by atoms with E-state index in [4.69, 9.17) is 23.8 Å². The van der Waals surface area contributed by atoms with Crippen molar-refractivity contribution in [1.82, 2.24) is 15.0 Å². The van der Waals surface area contributed by atoms with Crippen LogP contribution in [0.4, 0.5) is 0 Å². The first-order valence-corrected chi connectivity index (χ1v) is 18.7. The molecule has 0 N–H and O–H groups in total. The van der Waals surface area contributed by atoms with Crippen LogP contribution in [0.15, 0.2) is 197 Å². The fourth-order valence-electron chi connectivity index (χ4n) is 7.81. The van der Waals surface area contributed by atoms with Gasteiger partial charge in [-0.2, -0.15) is 0 Å². The Morgan fingerprint density at radius 2 is 0.732 bits per heavy atom. The van der Waals surface area contributed by atoms with E-state index >= 15 is 0 Å². The molecule has 262 valence electrons. The predicted molar refractivity (Wildman–Crippen MR) is 227 cm³/mol. The Balaban J connectivity index is 1.10. The van der Waals surface area contributed by atoms with Gasteiger partial charge in [0, 0.05) is 38.2 Å². The summed E-state index contributed by atoms with van der Waals surface area (Å²) in [6.07, 6.45) is 0. The number of aromatic nitrogens is 3. The lowest BCUT2D eigenvalue weighted by atomic mass is 9.91. The summed E-state index contributed by atoms with van der Waals surface area (Å²) >= 11 is 0. The molecule has 11 aromatic rings. The van der Waals surface area contributed by atoms with Gasteiger partial charge in [-0.05, 0) is 88.0 Å². The fraction of sp³-hybridized carbons (Fsp3) is 0. The molecule has 56 heavy (non-hydrogen) atoms. The molecule has 0 saturated carbocycles. The largest absolute Gasteiger partial charge is 0.456 e. The molecular formula is C51H31N3O2. The normalized spacial score (nSPS) is 11.6. The van der Waals surface area contributed by atoms with Gasteiger partial charge in [-0.15, -0.1) is 0 Å². The highest BCUT2D eigenvalue weighted by Gasteiger charge is 2.17. The summed E-state index contributed by atoms with van der Waals surface area (Å²) in [6.45, 7) is 0. The van der Waals surface area contributed by atoms with Crippen LogP contribution in [0.1, 0.15) is 0 Å². The lowest BCUT2D eigenvalue weighted by Crippen LogP contribution is -2.00. The molecule has 3 aromatic heterocycles. The number of para-hydroxylation sites is 2. The predicted octanol–water partition coefficient (Wildman–Crippen LogP) is 13.7. The van der Waals surface area contributed by atoms with Gasteiger partial charge in [0.1, 0.15) is 22.3 Å². The van der Waals surface area contributed by atoms with Crippen molar-refractivity contribution < 1.29 is 8.83 Å². The number of hydrogen-bond acceptors (Lipinski definition) is 5. The molecular weight excluding hydrogens is 687 g/mol. The maximum atomic E-state index is 6.36. The summed E-state index contributed by atoms with van der Waals surface area (Å²) in [5, 5.41) is 4.40. The van der Waals surface area contributed by atoms with E-state index < -0.39 is 0 Å². The highest BCUT2D eigenvalue weighted by molar-refractivity contribution is 6.13. The lowest BCUT2D eigenvalue weighted by molar-refractivity contribution is 0.668. The highest BCUT2D eigenvalue weighted by atomic mass is 16.3. The van der Waals surface area contributed by atoms with Crippen LogP contribution >= 0.6 is 0 Å². The Hall–Kier alpha value is -7.63. The van der Waals surface area contributed by atoms with Crippen LogP contribution in [0.5, 0.6) is 0 Å². The number of furan rings is 2. The zero-order chi connectivity index (χ0) is 37.0. The first kappa shape index (κ1) is 31.9. The van der Waals surface area contributed by atoms with Gasteiger partial charge in [-0.25, -0.2) is 15.0 Å². The Kier molecular flexibility index (Phi) is 7.42. The molecule has 0 unspecified atom stereocenters. The van der Waals surface area contributed by atoms with Gasteiger partial charge in [-0.3, -0.25) is 0 Å². The molecule has 0 saturated heterocycles. The maximum Gasteiger partial charge on any atom is 0.164 e. The van der Waals surface area contributed by atoms with Crippen molar-refractivity contribution in [2.75, 3.05) is 0 Å². The summed E-state index contributed by atoms with van der Waals surface area (Å²) in [5.74, 6) is 1.87. The molecule has 0 amide bonds. The zero-order valence-electron chi connectivity index (χ0n) is 30.1. The van der Waals surface area contributed by atoms with Crippen molar-refractivity contribution in [2.45, 2.75) is 0 Å². The minimum Gasteiger partial charge on any atom is -0.456 e. The number of nitrogens with zero attached hydrogens (tertiary/aromatic N) is 3. The maximum absolute atomic E-state index is 6.36. The smallest absolute Gasteiger partial charge is 0.164 e. The second-order valence-corrected chi connectivity index (χ2v) is 14.0. The van der Waals surface area contributed by atoms with Crippen molar-refractivity contribution in [3.63, 3.8) is 0 Å². The van der Waals surface area contributed by atoms with Gasteiger partial charge in [-0.1, -0.05) is 133 Å². The molecule has 8 aromatic carbocycles. The molecule has 0 atom stereocenters. The molecule has 0 spiro atoms. The van der Waals surface area contributed by atoms with E-state index in [9.17, 15) is 0 Å². The molecule has 3 heterocycles. The average Bonchev–Trinajstić information content (AvgIpc) is 3.85. The summed E-state index contributed by atoms with van der Waals surface area (Å²) in [4.78, 5) is 15.0. The van der Waals surface area contributed by atoms with Crippen LogP contribution in [0.2, 0.25) is 0 Å². The quantitative estimate of drug-likeness (QED) is 0.171. The van der Waals surface area contributed by atoms with Crippen molar-refractivity contribution in [3.05, 3.63) is 188 Å². The number of hydrogen-bond donors (Lipinski definition) is 0. The van der Waals surface area contributed by atoms with E-state index in [-0.39, 0.29) is 0 Å². The van der Waals surface area contributed by atoms with E-state index in [0.717, 1.165) is 93.9 Å². The first-order chi connectivity index (χ1) is 27.7. The summed E-state index contributed by atoms with van der Waals surface area (Å²) in [7, 11) is 0. The molecule has 0 radical (unpaired) electrons. The van der Waals surface area contributed by atoms with Crippen LogP contribution in [0.25, 0.3) is 111 Å². The number of fused-ring (bicyclic) bond motifs is 6. The topological polar surface area (TPSA) is 65.0 Å². The van der Waals surface area contributed by atoms with Crippen molar-refractivity contribution >= 4 is 43.9 Å². The van der Waals surface area contributed by atoms with E-state index in [1.807, 2.05) is 91.0 Å². The number of rotatable bonds is 6. The van der Waals surface area contributed by atoms with Gasteiger partial charge < -0.3 is 8.83 Å². The summed E-state index contributed by atoms with van der Waals surface area (Å²) in [6, 6.07) is 64.7. The van der Waals surface area contributed by atoms with Gasteiger partial charge in [0.15, 0.2) is 17.5 Å².